The minimum Gasteiger partial charge on any atom is -0.468 e. The van der Waals surface area contributed by atoms with Gasteiger partial charge in [-0.15, -0.1) is 10.2 Å². The van der Waals surface area contributed by atoms with Gasteiger partial charge in [-0.1, -0.05) is 6.07 Å². The first-order chi connectivity index (χ1) is 13.0. The largest absolute Gasteiger partial charge is 0.468 e. The summed E-state index contributed by atoms with van der Waals surface area (Å²) in [6.45, 7) is 0.244. The van der Waals surface area contributed by atoms with E-state index in [1.807, 2.05) is 31.1 Å². The number of rotatable bonds is 6. The van der Waals surface area contributed by atoms with Crippen LogP contribution in [-0.4, -0.2) is 52.1 Å². The Morgan fingerprint density at radius 3 is 2.59 bits per heavy atom. The van der Waals surface area contributed by atoms with Crippen LogP contribution in [0.4, 0.5) is 5.69 Å². The van der Waals surface area contributed by atoms with Gasteiger partial charge in [-0.3, -0.25) is 19.1 Å². The molecule has 0 spiro atoms. The van der Waals surface area contributed by atoms with E-state index in [9.17, 15) is 9.59 Å². The maximum absolute atomic E-state index is 12.2. The summed E-state index contributed by atoms with van der Waals surface area (Å²) in [5.41, 5.74) is 1.26. The summed E-state index contributed by atoms with van der Waals surface area (Å²) in [7, 11) is 3.74. The molecule has 2 heterocycles. The fourth-order valence-electron chi connectivity index (χ4n) is 2.55. The molecular formula is C18H20N6O3. The molecule has 140 valence electrons. The number of aromatic nitrogens is 3. The number of amides is 2. The lowest BCUT2D eigenvalue weighted by atomic mass is 10.2. The van der Waals surface area contributed by atoms with Gasteiger partial charge < -0.3 is 15.1 Å². The number of anilines is 1. The van der Waals surface area contributed by atoms with Crippen LogP contribution in [0.1, 0.15) is 11.8 Å². The van der Waals surface area contributed by atoms with Gasteiger partial charge in [0.05, 0.1) is 18.0 Å². The number of likely N-dealkylation sites (N-methyl/N-ethyl adjacent to an activating group) is 1. The zero-order valence-corrected chi connectivity index (χ0v) is 15.0. The van der Waals surface area contributed by atoms with Crippen molar-refractivity contribution in [2.75, 3.05) is 26.0 Å². The molecule has 0 radical (unpaired) electrons. The molecule has 27 heavy (non-hydrogen) atoms. The Kier molecular flexibility index (Phi) is 5.62. The standard InChI is InChI=1S/C18H20N6O3/c1-23(2)15(16-7-4-8-27-16)10-19-17(25)18(26)22-13-5-3-6-14(9-13)24-11-20-21-12-24/h3-9,11-12,15H,10H2,1-2H3,(H,19,25)(H,22,26)/t15-/m1/s1. The van der Waals surface area contributed by atoms with Crippen molar-refractivity contribution in [2.45, 2.75) is 6.04 Å². The van der Waals surface area contributed by atoms with Crippen molar-refractivity contribution < 1.29 is 14.0 Å². The van der Waals surface area contributed by atoms with Crippen LogP contribution in [-0.2, 0) is 9.59 Å². The highest BCUT2D eigenvalue weighted by atomic mass is 16.3. The molecule has 0 bridgehead atoms. The average molecular weight is 368 g/mol. The van der Waals surface area contributed by atoms with Crippen molar-refractivity contribution in [1.29, 1.82) is 0 Å². The molecule has 0 aliphatic heterocycles. The van der Waals surface area contributed by atoms with E-state index in [0.29, 0.717) is 11.4 Å². The van der Waals surface area contributed by atoms with Crippen molar-refractivity contribution >= 4 is 17.5 Å². The maximum atomic E-state index is 12.2. The summed E-state index contributed by atoms with van der Waals surface area (Å²) in [6.07, 6.45) is 4.66. The molecule has 0 aliphatic carbocycles. The van der Waals surface area contributed by atoms with Crippen LogP contribution in [0.5, 0.6) is 0 Å². The molecule has 1 aromatic carbocycles. The summed E-state index contributed by atoms with van der Waals surface area (Å²) in [6, 6.07) is 10.5. The number of nitrogens with one attached hydrogen (secondary N) is 2. The molecule has 9 heteroatoms. The van der Waals surface area contributed by atoms with Crippen molar-refractivity contribution in [1.82, 2.24) is 25.0 Å². The highest BCUT2D eigenvalue weighted by Crippen LogP contribution is 2.17. The maximum Gasteiger partial charge on any atom is 0.313 e. The fourth-order valence-corrected chi connectivity index (χ4v) is 2.55. The summed E-state index contributed by atoms with van der Waals surface area (Å²) in [5, 5.41) is 12.7. The van der Waals surface area contributed by atoms with Crippen molar-refractivity contribution in [2.24, 2.45) is 0 Å². The lowest BCUT2D eigenvalue weighted by molar-refractivity contribution is -0.136. The fraction of sp³-hybridized carbons (Fsp3) is 0.222. The number of benzene rings is 1. The van der Waals surface area contributed by atoms with Crippen LogP contribution in [0.3, 0.4) is 0 Å². The molecule has 2 amide bonds. The van der Waals surface area contributed by atoms with E-state index in [1.54, 1.807) is 47.8 Å². The van der Waals surface area contributed by atoms with Gasteiger partial charge in [-0.05, 0) is 44.4 Å². The number of carbonyl (C=O) groups is 2. The molecule has 0 fully saturated rings. The second-order valence-corrected chi connectivity index (χ2v) is 6.08. The monoisotopic (exact) mass is 368 g/mol. The third kappa shape index (κ3) is 4.59. The lowest BCUT2D eigenvalue weighted by Gasteiger charge is -2.22. The van der Waals surface area contributed by atoms with Crippen LogP contribution < -0.4 is 10.6 Å². The Morgan fingerprint density at radius 1 is 1.15 bits per heavy atom. The van der Waals surface area contributed by atoms with Gasteiger partial charge in [-0.25, -0.2) is 0 Å². The van der Waals surface area contributed by atoms with Gasteiger partial charge in [-0.2, -0.15) is 0 Å². The zero-order chi connectivity index (χ0) is 19.2. The van der Waals surface area contributed by atoms with Crippen LogP contribution in [0.2, 0.25) is 0 Å². The highest BCUT2D eigenvalue weighted by molar-refractivity contribution is 6.39. The molecular weight excluding hydrogens is 348 g/mol. The van der Waals surface area contributed by atoms with Crippen LogP contribution in [0, 0.1) is 0 Å². The molecule has 0 saturated carbocycles. The molecule has 0 saturated heterocycles. The predicted molar refractivity (Wildman–Crippen MR) is 98.1 cm³/mol. The first-order valence-electron chi connectivity index (χ1n) is 8.28. The second kappa shape index (κ2) is 8.28. The van der Waals surface area contributed by atoms with E-state index in [2.05, 4.69) is 20.8 Å². The van der Waals surface area contributed by atoms with E-state index in [4.69, 9.17) is 4.42 Å². The van der Waals surface area contributed by atoms with Gasteiger partial charge in [0.2, 0.25) is 0 Å². The Balaban J connectivity index is 1.59. The van der Waals surface area contributed by atoms with Crippen molar-refractivity contribution in [3.8, 4) is 5.69 Å². The first-order valence-corrected chi connectivity index (χ1v) is 8.28. The van der Waals surface area contributed by atoms with E-state index >= 15 is 0 Å². The topological polar surface area (TPSA) is 105 Å². The predicted octanol–water partition coefficient (Wildman–Crippen LogP) is 1.22. The van der Waals surface area contributed by atoms with Gasteiger partial charge in [0.1, 0.15) is 18.4 Å². The second-order valence-electron chi connectivity index (χ2n) is 6.08. The molecule has 3 rings (SSSR count). The molecule has 2 aromatic heterocycles. The highest BCUT2D eigenvalue weighted by Gasteiger charge is 2.20. The molecule has 9 nitrogen and oxygen atoms in total. The lowest BCUT2D eigenvalue weighted by Crippen LogP contribution is -2.40. The third-order valence-electron chi connectivity index (χ3n) is 3.98. The average Bonchev–Trinajstić information content (AvgIpc) is 3.36. The zero-order valence-electron chi connectivity index (χ0n) is 15.0. The van der Waals surface area contributed by atoms with Gasteiger partial charge in [0.25, 0.3) is 0 Å². The molecule has 3 aromatic rings. The SMILES string of the molecule is CN(C)[C@H](CNC(=O)C(=O)Nc1cccc(-n2cnnc2)c1)c1ccco1. The smallest absolute Gasteiger partial charge is 0.313 e. The first kappa shape index (κ1) is 18.3. The van der Waals surface area contributed by atoms with Crippen molar-refractivity contribution in [3.05, 3.63) is 61.1 Å². The van der Waals surface area contributed by atoms with Crippen molar-refractivity contribution in [3.63, 3.8) is 0 Å². The minimum absolute atomic E-state index is 0.172. The minimum atomic E-state index is -0.743. The summed E-state index contributed by atoms with van der Waals surface area (Å²) >= 11 is 0. The van der Waals surface area contributed by atoms with Gasteiger partial charge >= 0.3 is 11.8 Å². The number of hydrogen-bond donors (Lipinski definition) is 2. The van der Waals surface area contributed by atoms with Crippen LogP contribution in [0.25, 0.3) is 5.69 Å². The third-order valence-corrected chi connectivity index (χ3v) is 3.98. The number of nitrogens with zero attached hydrogens (tertiary/aromatic N) is 4. The molecule has 0 unspecified atom stereocenters. The van der Waals surface area contributed by atoms with E-state index in [-0.39, 0.29) is 12.6 Å². The summed E-state index contributed by atoms with van der Waals surface area (Å²) < 4.78 is 7.08. The van der Waals surface area contributed by atoms with E-state index in [0.717, 1.165) is 5.69 Å². The number of furan rings is 1. The number of hydrogen-bond acceptors (Lipinski definition) is 6. The Bertz CT molecular complexity index is 890. The number of carbonyl (C=O) groups excluding carboxylic acids is 2. The molecule has 2 N–H and O–H groups in total. The van der Waals surface area contributed by atoms with Crippen LogP contribution >= 0.6 is 0 Å². The summed E-state index contributed by atoms with van der Waals surface area (Å²) in [4.78, 5) is 26.3. The van der Waals surface area contributed by atoms with Gasteiger partial charge in [0, 0.05) is 12.2 Å². The van der Waals surface area contributed by atoms with Gasteiger partial charge in [0.15, 0.2) is 0 Å². The quantitative estimate of drug-likeness (QED) is 0.634. The Morgan fingerprint density at radius 2 is 1.93 bits per heavy atom. The van der Waals surface area contributed by atoms with E-state index < -0.39 is 11.8 Å². The van der Waals surface area contributed by atoms with E-state index in [1.165, 1.54) is 0 Å². The Labute approximate surface area is 156 Å². The molecule has 0 aliphatic rings. The normalized spacial score (nSPS) is 12.0. The van der Waals surface area contributed by atoms with Crippen LogP contribution in [0.15, 0.2) is 59.7 Å². The Hall–Kier alpha value is -3.46. The molecule has 1 atom stereocenters. The summed E-state index contributed by atoms with van der Waals surface area (Å²) in [5.74, 6) is -0.752.